The van der Waals surface area contributed by atoms with E-state index in [2.05, 4.69) is 26.2 Å². The molecule has 1 aromatic rings. The zero-order valence-electron chi connectivity index (χ0n) is 14.1. The van der Waals surface area contributed by atoms with Crippen LogP contribution in [0, 0.1) is 5.41 Å². The van der Waals surface area contributed by atoms with E-state index in [-0.39, 0.29) is 11.5 Å². The van der Waals surface area contributed by atoms with E-state index in [4.69, 9.17) is 9.47 Å². The fourth-order valence-corrected chi connectivity index (χ4v) is 1.95. The molecule has 0 aliphatic carbocycles. The van der Waals surface area contributed by atoms with Gasteiger partial charge in [0, 0.05) is 10.7 Å². The molecule has 124 valence electrons. The highest BCUT2D eigenvalue weighted by molar-refractivity contribution is 9.10. The summed E-state index contributed by atoms with van der Waals surface area (Å²) in [7, 11) is 0. The molecule has 0 aromatic carbocycles. The van der Waals surface area contributed by atoms with E-state index in [1.54, 1.807) is 12.4 Å². The number of amides is 1. The van der Waals surface area contributed by atoms with Crippen LogP contribution in [0.1, 0.15) is 41.5 Å². The quantitative estimate of drug-likeness (QED) is 0.861. The van der Waals surface area contributed by atoms with Crippen molar-refractivity contribution in [3.8, 4) is 5.75 Å². The summed E-state index contributed by atoms with van der Waals surface area (Å²) in [6.07, 6.45) is 2.88. The molecule has 0 aliphatic heterocycles. The summed E-state index contributed by atoms with van der Waals surface area (Å²) >= 11 is 3.35. The van der Waals surface area contributed by atoms with Gasteiger partial charge >= 0.3 is 6.09 Å². The molecule has 1 aromatic heterocycles. The maximum absolute atomic E-state index is 12.0. The zero-order valence-corrected chi connectivity index (χ0v) is 15.7. The molecule has 1 rings (SSSR count). The fourth-order valence-electron chi connectivity index (χ4n) is 1.61. The molecule has 0 spiro atoms. The summed E-state index contributed by atoms with van der Waals surface area (Å²) in [4.78, 5) is 16.0. The number of nitrogens with zero attached hydrogens (tertiary/aromatic N) is 1. The minimum atomic E-state index is -0.526. The minimum Gasteiger partial charge on any atom is -0.490 e. The average molecular weight is 373 g/mol. The van der Waals surface area contributed by atoms with Crippen molar-refractivity contribution < 1.29 is 14.3 Å². The van der Waals surface area contributed by atoms with E-state index < -0.39 is 11.7 Å². The number of hydrogen-bond acceptors (Lipinski definition) is 4. The van der Waals surface area contributed by atoms with Crippen molar-refractivity contribution in [2.24, 2.45) is 5.41 Å². The van der Waals surface area contributed by atoms with Crippen LogP contribution in [-0.4, -0.2) is 29.3 Å². The third-order valence-electron chi connectivity index (χ3n) is 2.83. The lowest BCUT2D eigenvalue weighted by atomic mass is 9.87. The summed E-state index contributed by atoms with van der Waals surface area (Å²) in [5, 5.41) is 2.88. The molecule has 1 amide bonds. The molecule has 22 heavy (non-hydrogen) atoms. The van der Waals surface area contributed by atoms with E-state index >= 15 is 0 Å². The first-order valence-corrected chi connectivity index (χ1v) is 7.99. The number of pyridine rings is 1. The summed E-state index contributed by atoms with van der Waals surface area (Å²) in [6.45, 7) is 12.0. The SMILES string of the molecule is CC(C)(C)OC(=O)NC(COc1cncc(Br)c1)C(C)(C)C. The van der Waals surface area contributed by atoms with Gasteiger partial charge in [-0.25, -0.2) is 4.79 Å². The molecule has 0 radical (unpaired) electrons. The maximum Gasteiger partial charge on any atom is 0.408 e. The van der Waals surface area contributed by atoms with Crippen molar-refractivity contribution in [1.82, 2.24) is 10.3 Å². The molecule has 5 nitrogen and oxygen atoms in total. The number of rotatable bonds is 4. The predicted octanol–water partition coefficient (Wildman–Crippen LogP) is 4.16. The Kier molecular flexibility index (Phi) is 6.23. The van der Waals surface area contributed by atoms with Crippen molar-refractivity contribution in [1.29, 1.82) is 0 Å². The monoisotopic (exact) mass is 372 g/mol. The van der Waals surface area contributed by atoms with Gasteiger partial charge in [-0.3, -0.25) is 4.98 Å². The third-order valence-corrected chi connectivity index (χ3v) is 3.27. The molecule has 0 bridgehead atoms. The van der Waals surface area contributed by atoms with E-state index in [9.17, 15) is 4.79 Å². The van der Waals surface area contributed by atoms with Crippen molar-refractivity contribution in [2.45, 2.75) is 53.2 Å². The third kappa shape index (κ3) is 7.11. The molecule has 1 unspecified atom stereocenters. The molecular weight excluding hydrogens is 348 g/mol. The van der Waals surface area contributed by atoms with Gasteiger partial charge in [-0.2, -0.15) is 0 Å². The smallest absolute Gasteiger partial charge is 0.408 e. The number of carbonyl (C=O) groups is 1. The Morgan fingerprint density at radius 2 is 1.91 bits per heavy atom. The largest absolute Gasteiger partial charge is 0.490 e. The van der Waals surface area contributed by atoms with Gasteiger partial charge in [0.25, 0.3) is 0 Å². The first kappa shape index (κ1) is 18.7. The predicted molar refractivity (Wildman–Crippen MR) is 90.0 cm³/mol. The number of aromatic nitrogens is 1. The van der Waals surface area contributed by atoms with Crippen molar-refractivity contribution in [2.75, 3.05) is 6.61 Å². The second-order valence-electron chi connectivity index (χ2n) is 7.21. The number of nitrogens with one attached hydrogen (secondary N) is 1. The van der Waals surface area contributed by atoms with E-state index in [0.717, 1.165) is 4.47 Å². The molecule has 0 fully saturated rings. The number of ether oxygens (including phenoxy) is 2. The summed E-state index contributed by atoms with van der Waals surface area (Å²) in [5.41, 5.74) is -0.696. The minimum absolute atomic E-state index is 0.170. The van der Waals surface area contributed by atoms with Crippen LogP contribution in [-0.2, 0) is 4.74 Å². The van der Waals surface area contributed by atoms with Gasteiger partial charge in [0.05, 0.1) is 12.2 Å². The number of alkyl carbamates (subject to hydrolysis) is 1. The Bertz CT molecular complexity index is 507. The van der Waals surface area contributed by atoms with Gasteiger partial charge in [-0.1, -0.05) is 20.8 Å². The van der Waals surface area contributed by atoms with Crippen LogP contribution in [0.25, 0.3) is 0 Å². The topological polar surface area (TPSA) is 60.5 Å². The van der Waals surface area contributed by atoms with E-state index in [0.29, 0.717) is 12.4 Å². The first-order chi connectivity index (χ1) is 9.97. The van der Waals surface area contributed by atoms with Gasteiger partial charge in [0.15, 0.2) is 0 Å². The van der Waals surface area contributed by atoms with Crippen LogP contribution >= 0.6 is 15.9 Å². The summed E-state index contributed by atoms with van der Waals surface area (Å²) in [6, 6.07) is 1.64. The zero-order chi connectivity index (χ0) is 17.0. The van der Waals surface area contributed by atoms with Crippen LogP contribution in [0.2, 0.25) is 0 Å². The average Bonchev–Trinajstić information content (AvgIpc) is 2.30. The number of carbonyl (C=O) groups excluding carboxylic acids is 1. The second kappa shape index (κ2) is 7.31. The normalized spacial score (nSPS) is 13.4. The molecule has 0 saturated heterocycles. The van der Waals surface area contributed by atoms with Crippen LogP contribution in [0.5, 0.6) is 5.75 Å². The Morgan fingerprint density at radius 3 is 2.41 bits per heavy atom. The van der Waals surface area contributed by atoms with Crippen molar-refractivity contribution in [3.05, 3.63) is 22.9 Å². The molecule has 1 heterocycles. The number of halogens is 1. The van der Waals surface area contributed by atoms with Crippen LogP contribution in [0.4, 0.5) is 4.79 Å². The molecule has 1 N–H and O–H groups in total. The van der Waals surface area contributed by atoms with Gasteiger partial charge in [0.2, 0.25) is 0 Å². The molecule has 1 atom stereocenters. The van der Waals surface area contributed by atoms with Crippen molar-refractivity contribution >= 4 is 22.0 Å². The molecular formula is C16H25BrN2O3. The lowest BCUT2D eigenvalue weighted by Crippen LogP contribution is -2.49. The Morgan fingerprint density at radius 1 is 1.27 bits per heavy atom. The Hall–Kier alpha value is -1.30. The lowest BCUT2D eigenvalue weighted by molar-refractivity contribution is 0.0430. The van der Waals surface area contributed by atoms with E-state index in [1.165, 1.54) is 0 Å². The van der Waals surface area contributed by atoms with Gasteiger partial charge in [-0.05, 0) is 48.2 Å². The fraction of sp³-hybridized carbons (Fsp3) is 0.625. The maximum atomic E-state index is 12.0. The lowest BCUT2D eigenvalue weighted by Gasteiger charge is -2.32. The second-order valence-corrected chi connectivity index (χ2v) is 8.13. The van der Waals surface area contributed by atoms with Crippen molar-refractivity contribution in [3.63, 3.8) is 0 Å². The van der Waals surface area contributed by atoms with Gasteiger partial charge in [0.1, 0.15) is 18.0 Å². The van der Waals surface area contributed by atoms with Gasteiger partial charge in [-0.15, -0.1) is 0 Å². The first-order valence-electron chi connectivity index (χ1n) is 7.20. The van der Waals surface area contributed by atoms with E-state index in [1.807, 2.05) is 47.6 Å². The highest BCUT2D eigenvalue weighted by atomic mass is 79.9. The Balaban J connectivity index is 2.68. The number of hydrogen-bond donors (Lipinski definition) is 1. The summed E-state index contributed by atoms with van der Waals surface area (Å²) < 4.78 is 11.9. The van der Waals surface area contributed by atoms with Crippen LogP contribution in [0.3, 0.4) is 0 Å². The molecule has 6 heteroatoms. The van der Waals surface area contributed by atoms with Gasteiger partial charge < -0.3 is 14.8 Å². The summed E-state index contributed by atoms with van der Waals surface area (Å²) in [5.74, 6) is 0.648. The molecule has 0 aliphatic rings. The molecule has 0 saturated carbocycles. The highest BCUT2D eigenvalue weighted by Gasteiger charge is 2.29. The highest BCUT2D eigenvalue weighted by Crippen LogP contribution is 2.22. The standard InChI is InChI=1S/C16H25BrN2O3/c1-15(2,3)13(19-14(20)22-16(4,5)6)10-21-12-7-11(17)8-18-9-12/h7-9,13H,10H2,1-6H3,(H,19,20). The van der Waals surface area contributed by atoms with Crippen LogP contribution < -0.4 is 10.1 Å². The van der Waals surface area contributed by atoms with Crippen LogP contribution in [0.15, 0.2) is 22.9 Å². The Labute approximate surface area is 140 Å².